The van der Waals surface area contributed by atoms with Gasteiger partial charge in [-0.2, -0.15) is 4.31 Å². The maximum atomic E-state index is 13.3. The zero-order valence-electron chi connectivity index (χ0n) is 19.7. The lowest BCUT2D eigenvalue weighted by Crippen LogP contribution is -2.48. The highest BCUT2D eigenvalue weighted by Crippen LogP contribution is 2.31. The molecule has 0 radical (unpaired) electrons. The summed E-state index contributed by atoms with van der Waals surface area (Å²) in [7, 11) is -0.754. The number of benzene rings is 2. The van der Waals surface area contributed by atoms with Crippen molar-refractivity contribution in [2.24, 2.45) is 0 Å². The molecule has 0 aromatic heterocycles. The smallest absolute Gasteiger partial charge is 0.246 e. The fraction of sp³-hybridized carbons (Fsp3) is 0.458. The van der Waals surface area contributed by atoms with Gasteiger partial charge in [0.25, 0.3) is 0 Å². The average Bonchev–Trinajstić information content (AvgIpc) is 2.76. The van der Waals surface area contributed by atoms with Gasteiger partial charge >= 0.3 is 0 Å². The number of methoxy groups -OCH3 is 2. The monoisotopic (exact) mass is 460 g/mol. The first-order valence-corrected chi connectivity index (χ1v) is 12.1. The fourth-order valence-electron chi connectivity index (χ4n) is 4.49. The van der Waals surface area contributed by atoms with Crippen LogP contribution >= 0.6 is 0 Å². The highest BCUT2D eigenvalue weighted by molar-refractivity contribution is 7.89. The molecule has 0 aliphatic carbocycles. The molecule has 3 rings (SSSR count). The largest absolute Gasteiger partial charge is 0.497 e. The first-order chi connectivity index (χ1) is 15.1. The number of ether oxygens (including phenoxy) is 2. The Morgan fingerprint density at radius 2 is 1.62 bits per heavy atom. The van der Waals surface area contributed by atoms with Crippen molar-refractivity contribution in [3.05, 3.63) is 52.1 Å². The van der Waals surface area contributed by atoms with Gasteiger partial charge in [-0.05, 0) is 62.1 Å². The van der Waals surface area contributed by atoms with Crippen molar-refractivity contribution in [2.45, 2.75) is 39.1 Å². The second-order valence-electron chi connectivity index (χ2n) is 8.24. The second kappa shape index (κ2) is 9.60. The van der Waals surface area contributed by atoms with Gasteiger partial charge in [-0.1, -0.05) is 6.07 Å². The number of sulfonamides is 1. The van der Waals surface area contributed by atoms with Gasteiger partial charge in [0.15, 0.2) is 5.78 Å². The number of Topliss-reactive ketones (excluding diaryl/α,β-unsaturated/α-hetero) is 1. The van der Waals surface area contributed by atoms with Gasteiger partial charge in [-0.25, -0.2) is 8.42 Å². The third-order valence-corrected chi connectivity index (χ3v) is 8.10. The summed E-state index contributed by atoms with van der Waals surface area (Å²) in [5.41, 5.74) is 5.11. The van der Waals surface area contributed by atoms with E-state index in [1.807, 2.05) is 13.8 Å². The highest BCUT2D eigenvalue weighted by atomic mass is 32.2. The van der Waals surface area contributed by atoms with E-state index in [1.54, 1.807) is 19.1 Å². The lowest BCUT2D eigenvalue weighted by atomic mass is 9.91. The van der Waals surface area contributed by atoms with Crippen LogP contribution in [0.2, 0.25) is 0 Å². The van der Waals surface area contributed by atoms with E-state index >= 15 is 0 Å². The second-order valence-corrected chi connectivity index (χ2v) is 10.1. The molecule has 1 fully saturated rings. The van der Waals surface area contributed by atoms with Gasteiger partial charge < -0.3 is 9.47 Å². The lowest BCUT2D eigenvalue weighted by Gasteiger charge is -2.35. The molecular weight excluding hydrogens is 428 g/mol. The van der Waals surface area contributed by atoms with E-state index < -0.39 is 10.0 Å². The van der Waals surface area contributed by atoms with Crippen molar-refractivity contribution in [1.82, 2.24) is 9.21 Å². The van der Waals surface area contributed by atoms with Crippen LogP contribution in [-0.2, 0) is 16.6 Å². The van der Waals surface area contributed by atoms with E-state index in [-0.39, 0.29) is 10.7 Å². The summed E-state index contributed by atoms with van der Waals surface area (Å²) >= 11 is 0. The Balaban J connectivity index is 1.78. The SMILES string of the molecule is COc1ccc(OC)c(S(=O)(=O)N2CCN(Cc3c(C)cc(C)c(C(C)=O)c3C)CC2)c1. The third-order valence-electron chi connectivity index (χ3n) is 6.18. The molecule has 0 atom stereocenters. The topological polar surface area (TPSA) is 76.2 Å². The zero-order valence-corrected chi connectivity index (χ0v) is 20.5. The van der Waals surface area contributed by atoms with E-state index in [2.05, 4.69) is 17.9 Å². The van der Waals surface area contributed by atoms with Gasteiger partial charge in [0.1, 0.15) is 16.4 Å². The normalized spacial score (nSPS) is 15.6. The van der Waals surface area contributed by atoms with Crippen LogP contribution in [0.5, 0.6) is 11.5 Å². The molecule has 0 N–H and O–H groups in total. The van der Waals surface area contributed by atoms with Gasteiger partial charge in [0.05, 0.1) is 14.2 Å². The van der Waals surface area contributed by atoms with E-state index in [1.165, 1.54) is 24.6 Å². The van der Waals surface area contributed by atoms with Gasteiger partial charge in [-0.3, -0.25) is 9.69 Å². The number of carbonyl (C=O) groups excluding carboxylic acids is 1. The van der Waals surface area contributed by atoms with Crippen molar-refractivity contribution in [3.63, 3.8) is 0 Å². The number of hydrogen-bond donors (Lipinski definition) is 0. The Bertz CT molecular complexity index is 1120. The van der Waals surface area contributed by atoms with Crippen LogP contribution in [0.4, 0.5) is 0 Å². The quantitative estimate of drug-likeness (QED) is 0.590. The van der Waals surface area contributed by atoms with Crippen LogP contribution in [0.1, 0.15) is 39.5 Å². The minimum atomic E-state index is -3.72. The molecule has 2 aromatic carbocycles. The van der Waals surface area contributed by atoms with Crippen LogP contribution in [0, 0.1) is 20.8 Å². The number of piperazine rings is 1. The molecule has 1 aliphatic heterocycles. The Labute approximate surface area is 191 Å². The standard InChI is InChI=1S/C24H32N2O5S/c1-16-13-17(2)24(19(4)27)18(3)21(16)15-25-9-11-26(12-10-25)32(28,29)23-14-20(30-5)7-8-22(23)31-6/h7-8,13-14H,9-12,15H2,1-6H3. The van der Waals surface area contributed by atoms with Crippen molar-refractivity contribution >= 4 is 15.8 Å². The third kappa shape index (κ3) is 4.67. The summed E-state index contributed by atoms with van der Waals surface area (Å²) in [5, 5.41) is 0. The first kappa shape index (κ1) is 24.2. The predicted molar refractivity (Wildman–Crippen MR) is 124 cm³/mol. The minimum absolute atomic E-state index is 0.0735. The predicted octanol–water partition coefficient (Wildman–Crippen LogP) is 3.34. The molecule has 1 aliphatic rings. The Morgan fingerprint density at radius 1 is 0.969 bits per heavy atom. The molecule has 2 aromatic rings. The van der Waals surface area contributed by atoms with E-state index in [9.17, 15) is 13.2 Å². The molecule has 0 spiro atoms. The highest BCUT2D eigenvalue weighted by Gasteiger charge is 2.31. The number of carbonyl (C=O) groups is 1. The molecule has 1 heterocycles. The van der Waals surface area contributed by atoms with Gasteiger partial charge in [-0.15, -0.1) is 0 Å². The summed E-state index contributed by atoms with van der Waals surface area (Å²) < 4.78 is 38.6. The summed E-state index contributed by atoms with van der Waals surface area (Å²) in [4.78, 5) is 14.5. The summed E-state index contributed by atoms with van der Waals surface area (Å²) in [6.07, 6.45) is 0. The van der Waals surface area contributed by atoms with Crippen LogP contribution in [0.25, 0.3) is 0 Å². The molecule has 0 bridgehead atoms. The average molecular weight is 461 g/mol. The molecule has 32 heavy (non-hydrogen) atoms. The first-order valence-electron chi connectivity index (χ1n) is 10.6. The molecular formula is C24H32N2O5S. The Morgan fingerprint density at radius 3 is 2.19 bits per heavy atom. The maximum absolute atomic E-state index is 13.3. The van der Waals surface area contributed by atoms with Crippen molar-refractivity contribution < 1.29 is 22.7 Å². The summed E-state index contributed by atoms with van der Waals surface area (Å²) in [6.45, 7) is 10.3. The lowest BCUT2D eigenvalue weighted by molar-refractivity contribution is 0.101. The number of nitrogens with zero attached hydrogens (tertiary/aromatic N) is 2. The molecule has 7 nitrogen and oxygen atoms in total. The maximum Gasteiger partial charge on any atom is 0.246 e. The van der Waals surface area contributed by atoms with Crippen LogP contribution in [0.3, 0.4) is 0 Å². The fourth-order valence-corrected chi connectivity index (χ4v) is 6.08. The van der Waals surface area contributed by atoms with E-state index in [4.69, 9.17) is 9.47 Å². The van der Waals surface area contributed by atoms with Crippen molar-refractivity contribution in [1.29, 1.82) is 0 Å². The molecule has 0 amide bonds. The molecule has 8 heteroatoms. The van der Waals surface area contributed by atoms with E-state index in [0.29, 0.717) is 44.2 Å². The molecule has 0 saturated carbocycles. The molecule has 0 unspecified atom stereocenters. The van der Waals surface area contributed by atoms with Crippen LogP contribution < -0.4 is 9.47 Å². The van der Waals surface area contributed by atoms with Crippen molar-refractivity contribution in [2.75, 3.05) is 40.4 Å². The summed E-state index contributed by atoms with van der Waals surface area (Å²) in [6, 6.07) is 6.85. The minimum Gasteiger partial charge on any atom is -0.497 e. The number of ketones is 1. The molecule has 174 valence electrons. The van der Waals surface area contributed by atoms with Crippen molar-refractivity contribution in [3.8, 4) is 11.5 Å². The van der Waals surface area contributed by atoms with Gasteiger partial charge in [0, 0.05) is 44.4 Å². The molecule has 1 saturated heterocycles. The number of rotatable bonds is 7. The van der Waals surface area contributed by atoms with E-state index in [0.717, 1.165) is 27.8 Å². The Hall–Kier alpha value is -2.42. The zero-order chi connectivity index (χ0) is 23.6. The Kier molecular flexibility index (Phi) is 7.27. The number of hydrogen-bond acceptors (Lipinski definition) is 6. The van der Waals surface area contributed by atoms with Crippen LogP contribution in [0.15, 0.2) is 29.2 Å². The van der Waals surface area contributed by atoms with Crippen LogP contribution in [-0.4, -0.2) is 63.8 Å². The number of aryl methyl sites for hydroxylation is 2. The van der Waals surface area contributed by atoms with Gasteiger partial charge in [0.2, 0.25) is 10.0 Å². The summed E-state index contributed by atoms with van der Waals surface area (Å²) in [5.74, 6) is 0.843.